The average Bonchev–Trinajstić information content (AvgIpc) is 2.98. The Bertz CT molecular complexity index is 1200. The number of furan rings is 1. The Morgan fingerprint density at radius 1 is 1.07 bits per heavy atom. The third kappa shape index (κ3) is 2.95. The first-order chi connectivity index (χ1) is 12.8. The summed E-state index contributed by atoms with van der Waals surface area (Å²) in [7, 11) is 0. The number of nitrogens with zero attached hydrogens (tertiary/aromatic N) is 2. The molecule has 2 aromatic heterocycles. The normalized spacial score (nSPS) is 12.2. The van der Waals surface area contributed by atoms with E-state index < -0.39 is 0 Å². The average molecular weight is 360 g/mol. The number of aryl methyl sites for hydroxylation is 2. The van der Waals surface area contributed by atoms with Gasteiger partial charge in [-0.3, -0.25) is 9.36 Å². The first-order valence-electron chi connectivity index (χ1n) is 9.23. The Morgan fingerprint density at radius 3 is 2.41 bits per heavy atom. The van der Waals surface area contributed by atoms with Crippen molar-refractivity contribution < 1.29 is 4.42 Å². The third-order valence-electron chi connectivity index (χ3n) is 5.24. The summed E-state index contributed by atoms with van der Waals surface area (Å²) >= 11 is 0. The zero-order valence-corrected chi connectivity index (χ0v) is 16.5. The molecule has 0 N–H and O–H groups in total. The molecular formula is C23H24N2O2. The maximum Gasteiger partial charge on any atom is 0.297 e. The number of hydrogen-bond donors (Lipinski definition) is 0. The Balaban J connectivity index is 1.81. The molecule has 0 bridgehead atoms. The van der Waals surface area contributed by atoms with Crippen molar-refractivity contribution in [2.24, 2.45) is 0 Å². The van der Waals surface area contributed by atoms with Crippen LogP contribution in [0.4, 0.5) is 0 Å². The molecule has 0 fully saturated rings. The second kappa shape index (κ2) is 6.08. The molecule has 0 amide bonds. The smallest absolute Gasteiger partial charge is 0.297 e. The lowest BCUT2D eigenvalue weighted by Gasteiger charge is -2.22. The highest BCUT2D eigenvalue weighted by Gasteiger charge is 2.18. The highest BCUT2D eigenvalue weighted by molar-refractivity contribution is 6.01. The van der Waals surface area contributed by atoms with Gasteiger partial charge in [0.2, 0.25) is 5.58 Å². The first-order valence-corrected chi connectivity index (χ1v) is 9.23. The van der Waals surface area contributed by atoms with Crippen molar-refractivity contribution in [1.29, 1.82) is 0 Å². The summed E-state index contributed by atoms with van der Waals surface area (Å²) in [4.78, 5) is 17.5. The summed E-state index contributed by atoms with van der Waals surface area (Å²) in [6.45, 7) is 11.3. The maximum atomic E-state index is 13.0. The zero-order chi connectivity index (χ0) is 19.3. The molecule has 0 atom stereocenters. The number of rotatable bonds is 2. The van der Waals surface area contributed by atoms with E-state index >= 15 is 0 Å². The van der Waals surface area contributed by atoms with Crippen LogP contribution < -0.4 is 5.56 Å². The van der Waals surface area contributed by atoms with Gasteiger partial charge >= 0.3 is 0 Å². The van der Waals surface area contributed by atoms with E-state index in [1.54, 1.807) is 10.9 Å². The van der Waals surface area contributed by atoms with Crippen LogP contribution in [0, 0.1) is 13.8 Å². The Morgan fingerprint density at radius 2 is 1.74 bits per heavy atom. The fraction of sp³-hybridized carbons (Fsp3) is 0.304. The second-order valence-corrected chi connectivity index (χ2v) is 8.29. The monoisotopic (exact) mass is 360 g/mol. The predicted octanol–water partition coefficient (Wildman–Crippen LogP) is 5.11. The van der Waals surface area contributed by atoms with E-state index in [1.165, 1.54) is 16.7 Å². The number of fused-ring (bicyclic) bond motifs is 3. The van der Waals surface area contributed by atoms with Crippen LogP contribution >= 0.6 is 0 Å². The maximum absolute atomic E-state index is 13.0. The van der Waals surface area contributed by atoms with E-state index in [2.05, 4.69) is 51.7 Å². The molecule has 4 aromatic rings. The van der Waals surface area contributed by atoms with Crippen molar-refractivity contribution >= 4 is 22.1 Å². The minimum absolute atomic E-state index is 0.0969. The fourth-order valence-corrected chi connectivity index (χ4v) is 3.57. The van der Waals surface area contributed by atoms with Crippen LogP contribution in [-0.4, -0.2) is 9.55 Å². The number of para-hydroxylation sites is 1. The van der Waals surface area contributed by atoms with E-state index in [-0.39, 0.29) is 11.0 Å². The predicted molar refractivity (Wildman–Crippen MR) is 109 cm³/mol. The highest BCUT2D eigenvalue weighted by atomic mass is 16.3. The fourth-order valence-electron chi connectivity index (χ4n) is 3.57. The van der Waals surface area contributed by atoms with E-state index in [0.29, 0.717) is 23.2 Å². The summed E-state index contributed by atoms with van der Waals surface area (Å²) < 4.78 is 7.43. The lowest BCUT2D eigenvalue weighted by Crippen LogP contribution is -2.22. The third-order valence-corrected chi connectivity index (χ3v) is 5.24. The molecule has 0 spiro atoms. The quantitative estimate of drug-likeness (QED) is 0.499. The highest BCUT2D eigenvalue weighted by Crippen LogP contribution is 2.28. The molecule has 0 aliphatic carbocycles. The summed E-state index contributed by atoms with van der Waals surface area (Å²) in [5.74, 6) is 0. The SMILES string of the molecule is Cc1cc(C(C)(C)C)cc(C)c1Cn1cnc2c(oc3ccccc32)c1=O. The summed E-state index contributed by atoms with van der Waals surface area (Å²) in [5.41, 5.74) is 6.44. The van der Waals surface area contributed by atoms with Gasteiger partial charge in [0.25, 0.3) is 5.56 Å². The van der Waals surface area contributed by atoms with Crippen LogP contribution in [0.15, 0.2) is 51.9 Å². The van der Waals surface area contributed by atoms with Crippen molar-refractivity contribution in [3.8, 4) is 0 Å². The molecule has 138 valence electrons. The van der Waals surface area contributed by atoms with Crippen molar-refractivity contribution in [2.45, 2.75) is 46.6 Å². The van der Waals surface area contributed by atoms with Crippen LogP contribution in [-0.2, 0) is 12.0 Å². The molecule has 27 heavy (non-hydrogen) atoms. The number of hydrogen-bond acceptors (Lipinski definition) is 3. The van der Waals surface area contributed by atoms with Crippen molar-refractivity contribution in [3.63, 3.8) is 0 Å². The van der Waals surface area contributed by atoms with Gasteiger partial charge in [-0.25, -0.2) is 4.98 Å². The Hall–Kier alpha value is -2.88. The largest absolute Gasteiger partial charge is 0.448 e. The number of aromatic nitrogens is 2. The van der Waals surface area contributed by atoms with Crippen LogP contribution in [0.1, 0.15) is 43.0 Å². The molecule has 0 saturated heterocycles. The molecule has 2 aromatic carbocycles. The molecule has 4 heteroatoms. The lowest BCUT2D eigenvalue weighted by atomic mass is 9.84. The zero-order valence-electron chi connectivity index (χ0n) is 16.5. The summed E-state index contributed by atoms with van der Waals surface area (Å²) in [6, 6.07) is 12.1. The van der Waals surface area contributed by atoms with Crippen molar-refractivity contribution in [1.82, 2.24) is 9.55 Å². The Labute approximate surface area is 158 Å². The van der Waals surface area contributed by atoms with Crippen LogP contribution in [0.5, 0.6) is 0 Å². The minimum Gasteiger partial charge on any atom is -0.448 e. The lowest BCUT2D eigenvalue weighted by molar-refractivity contribution is 0.588. The molecule has 0 aliphatic heterocycles. The van der Waals surface area contributed by atoms with Gasteiger partial charge in [-0.1, -0.05) is 45.0 Å². The van der Waals surface area contributed by atoms with Gasteiger partial charge in [0.15, 0.2) is 0 Å². The summed E-state index contributed by atoms with van der Waals surface area (Å²) in [5, 5.41) is 0.874. The van der Waals surface area contributed by atoms with Gasteiger partial charge in [0.05, 0.1) is 12.9 Å². The second-order valence-electron chi connectivity index (χ2n) is 8.29. The van der Waals surface area contributed by atoms with E-state index in [0.717, 1.165) is 10.9 Å². The molecule has 4 nitrogen and oxygen atoms in total. The topological polar surface area (TPSA) is 48.0 Å². The van der Waals surface area contributed by atoms with Gasteiger partial charge in [-0.05, 0) is 53.6 Å². The van der Waals surface area contributed by atoms with Gasteiger partial charge < -0.3 is 4.42 Å². The first kappa shape index (κ1) is 17.5. The van der Waals surface area contributed by atoms with Crippen LogP contribution in [0.25, 0.3) is 22.1 Å². The van der Waals surface area contributed by atoms with E-state index in [1.807, 2.05) is 24.3 Å². The standard InChI is InChI=1S/C23H24N2O2/c1-14-10-16(23(3,4)5)11-15(2)18(14)12-25-13-24-20-17-8-6-7-9-19(17)27-21(20)22(25)26/h6-11,13H,12H2,1-5H3. The molecule has 2 heterocycles. The molecule has 0 saturated carbocycles. The molecular weight excluding hydrogens is 336 g/mol. The van der Waals surface area contributed by atoms with E-state index in [9.17, 15) is 4.79 Å². The number of benzene rings is 2. The minimum atomic E-state index is -0.144. The van der Waals surface area contributed by atoms with Gasteiger partial charge in [-0.2, -0.15) is 0 Å². The molecule has 0 radical (unpaired) electrons. The van der Waals surface area contributed by atoms with Gasteiger partial charge in [-0.15, -0.1) is 0 Å². The van der Waals surface area contributed by atoms with Gasteiger partial charge in [0.1, 0.15) is 11.1 Å². The van der Waals surface area contributed by atoms with E-state index in [4.69, 9.17) is 4.42 Å². The van der Waals surface area contributed by atoms with Crippen molar-refractivity contribution in [3.05, 3.63) is 75.3 Å². The van der Waals surface area contributed by atoms with Crippen LogP contribution in [0.3, 0.4) is 0 Å². The van der Waals surface area contributed by atoms with Gasteiger partial charge in [0, 0.05) is 5.39 Å². The van der Waals surface area contributed by atoms with Crippen molar-refractivity contribution in [2.75, 3.05) is 0 Å². The van der Waals surface area contributed by atoms with Crippen LogP contribution in [0.2, 0.25) is 0 Å². The summed E-state index contributed by atoms with van der Waals surface area (Å²) in [6.07, 6.45) is 1.63. The molecule has 4 rings (SSSR count). The molecule has 0 aliphatic rings. The molecule has 0 unspecified atom stereocenters. The Kier molecular flexibility index (Phi) is 3.95.